The summed E-state index contributed by atoms with van der Waals surface area (Å²) in [5.41, 5.74) is 1.38. The minimum absolute atomic E-state index is 0.115. The molecule has 0 unspecified atom stereocenters. The molecule has 2 rings (SSSR count). The Labute approximate surface area is 110 Å². The molecule has 0 radical (unpaired) electrons. The Kier molecular flexibility index (Phi) is 3.66. The Balaban J connectivity index is 2.39. The van der Waals surface area contributed by atoms with Gasteiger partial charge in [0.15, 0.2) is 5.76 Å². The molecule has 0 aliphatic carbocycles. The van der Waals surface area contributed by atoms with Crippen molar-refractivity contribution in [3.05, 3.63) is 54.0 Å². The molecule has 2 aromatic rings. The van der Waals surface area contributed by atoms with Crippen LogP contribution in [0.4, 0.5) is 5.69 Å². The Bertz CT molecular complexity index is 589. The molecule has 5 nitrogen and oxygen atoms in total. The number of hydrogen-bond donors (Lipinski definition) is 1. The number of furan rings is 1. The third-order valence-electron chi connectivity index (χ3n) is 2.68. The zero-order valence-electron chi connectivity index (χ0n) is 10.4. The van der Waals surface area contributed by atoms with Gasteiger partial charge in [0.25, 0.3) is 5.91 Å². The van der Waals surface area contributed by atoms with Gasteiger partial charge in [-0.15, -0.1) is 0 Å². The summed E-state index contributed by atoms with van der Waals surface area (Å²) in [6.07, 6.45) is 1.38. The van der Waals surface area contributed by atoms with Crippen LogP contribution in [0.15, 0.2) is 47.1 Å². The number of carboxylic acids is 1. The van der Waals surface area contributed by atoms with Crippen LogP contribution < -0.4 is 4.90 Å². The molecule has 0 spiro atoms. The Hall–Kier alpha value is -2.56. The molecule has 0 aliphatic rings. The van der Waals surface area contributed by atoms with Gasteiger partial charge in [0.1, 0.15) is 6.54 Å². The van der Waals surface area contributed by atoms with Gasteiger partial charge >= 0.3 is 5.97 Å². The van der Waals surface area contributed by atoms with Crippen molar-refractivity contribution in [3.63, 3.8) is 0 Å². The van der Waals surface area contributed by atoms with Crippen molar-refractivity contribution in [2.75, 3.05) is 11.4 Å². The average Bonchev–Trinajstić information content (AvgIpc) is 2.90. The summed E-state index contributed by atoms with van der Waals surface area (Å²) in [7, 11) is 0. The maximum absolute atomic E-state index is 12.3. The highest BCUT2D eigenvalue weighted by Crippen LogP contribution is 2.21. The maximum atomic E-state index is 12.3. The van der Waals surface area contributed by atoms with Crippen molar-refractivity contribution in [1.29, 1.82) is 0 Å². The summed E-state index contributed by atoms with van der Waals surface area (Å²) in [5.74, 6) is -1.44. The van der Waals surface area contributed by atoms with Gasteiger partial charge < -0.3 is 9.52 Å². The quantitative estimate of drug-likeness (QED) is 0.914. The lowest BCUT2D eigenvalue weighted by molar-refractivity contribution is -0.135. The minimum Gasteiger partial charge on any atom is -0.480 e. The second kappa shape index (κ2) is 5.39. The molecule has 1 aromatic heterocycles. The Morgan fingerprint density at radius 3 is 2.53 bits per heavy atom. The largest absolute Gasteiger partial charge is 0.480 e. The van der Waals surface area contributed by atoms with E-state index in [1.165, 1.54) is 17.2 Å². The van der Waals surface area contributed by atoms with Gasteiger partial charge in [-0.05, 0) is 30.7 Å². The third kappa shape index (κ3) is 2.82. The Morgan fingerprint density at radius 1 is 1.21 bits per heavy atom. The predicted molar refractivity (Wildman–Crippen MR) is 69.2 cm³/mol. The van der Waals surface area contributed by atoms with Crippen LogP contribution in [0.3, 0.4) is 0 Å². The highest BCUT2D eigenvalue weighted by Gasteiger charge is 2.23. The summed E-state index contributed by atoms with van der Waals surface area (Å²) in [5, 5.41) is 8.96. The number of para-hydroxylation sites is 1. The number of hydrogen-bond acceptors (Lipinski definition) is 3. The number of carboxylic acid groups (broad SMARTS) is 1. The van der Waals surface area contributed by atoms with E-state index < -0.39 is 18.4 Å². The molecule has 98 valence electrons. The normalized spacial score (nSPS) is 10.2. The summed E-state index contributed by atoms with van der Waals surface area (Å²) >= 11 is 0. The maximum Gasteiger partial charge on any atom is 0.323 e. The van der Waals surface area contributed by atoms with Gasteiger partial charge in [-0.1, -0.05) is 18.2 Å². The van der Waals surface area contributed by atoms with Crippen molar-refractivity contribution in [3.8, 4) is 0 Å². The first kappa shape index (κ1) is 12.9. The van der Waals surface area contributed by atoms with E-state index in [0.29, 0.717) is 5.69 Å². The van der Waals surface area contributed by atoms with Gasteiger partial charge in [0.05, 0.1) is 6.26 Å². The van der Waals surface area contributed by atoms with Gasteiger partial charge in [-0.25, -0.2) is 0 Å². The van der Waals surface area contributed by atoms with Crippen molar-refractivity contribution >= 4 is 17.6 Å². The molecule has 1 heterocycles. The van der Waals surface area contributed by atoms with E-state index in [-0.39, 0.29) is 5.76 Å². The molecule has 0 fully saturated rings. The standard InChI is InChI=1S/C14H13NO4/c1-10-5-2-3-6-11(10)15(9-13(16)17)14(18)12-7-4-8-19-12/h2-8H,9H2,1H3,(H,16,17). The predicted octanol–water partition coefficient (Wildman–Crippen LogP) is 2.32. The fourth-order valence-electron chi connectivity index (χ4n) is 1.80. The SMILES string of the molecule is Cc1ccccc1N(CC(=O)O)C(=O)c1ccco1. The van der Waals surface area contributed by atoms with E-state index in [9.17, 15) is 9.59 Å². The Morgan fingerprint density at radius 2 is 1.95 bits per heavy atom. The highest BCUT2D eigenvalue weighted by atomic mass is 16.4. The van der Waals surface area contributed by atoms with Crippen LogP contribution in [-0.4, -0.2) is 23.5 Å². The lowest BCUT2D eigenvalue weighted by Crippen LogP contribution is -2.36. The molecule has 1 amide bonds. The van der Waals surface area contributed by atoms with Crippen LogP contribution >= 0.6 is 0 Å². The molecule has 1 N–H and O–H groups in total. The van der Waals surface area contributed by atoms with E-state index in [4.69, 9.17) is 9.52 Å². The number of nitrogens with zero attached hydrogens (tertiary/aromatic N) is 1. The number of aryl methyl sites for hydroxylation is 1. The molecule has 19 heavy (non-hydrogen) atoms. The first-order valence-corrected chi connectivity index (χ1v) is 5.72. The second-order valence-electron chi connectivity index (χ2n) is 4.05. The van der Waals surface area contributed by atoms with Crippen molar-refractivity contribution < 1.29 is 19.1 Å². The number of benzene rings is 1. The number of rotatable bonds is 4. The molecular formula is C14H13NO4. The molecule has 5 heteroatoms. The lowest BCUT2D eigenvalue weighted by atomic mass is 10.1. The summed E-state index contributed by atoms with van der Waals surface area (Å²) in [6, 6.07) is 10.2. The fourth-order valence-corrected chi connectivity index (χ4v) is 1.80. The number of aliphatic carboxylic acids is 1. The summed E-state index contributed by atoms with van der Waals surface area (Å²) < 4.78 is 5.04. The zero-order valence-corrected chi connectivity index (χ0v) is 10.4. The molecule has 0 atom stereocenters. The van der Waals surface area contributed by atoms with Crippen LogP contribution in [0.25, 0.3) is 0 Å². The lowest BCUT2D eigenvalue weighted by Gasteiger charge is -2.21. The molecular weight excluding hydrogens is 246 g/mol. The monoisotopic (exact) mass is 259 g/mol. The van der Waals surface area contributed by atoms with Crippen molar-refractivity contribution in [1.82, 2.24) is 0 Å². The van der Waals surface area contributed by atoms with Gasteiger partial charge in [0, 0.05) is 5.69 Å². The number of amides is 1. The second-order valence-corrected chi connectivity index (χ2v) is 4.05. The van der Waals surface area contributed by atoms with Crippen LogP contribution in [-0.2, 0) is 4.79 Å². The number of anilines is 1. The van der Waals surface area contributed by atoms with Gasteiger partial charge in [-0.3, -0.25) is 14.5 Å². The van der Waals surface area contributed by atoms with E-state index in [1.807, 2.05) is 19.1 Å². The molecule has 1 aromatic carbocycles. The topological polar surface area (TPSA) is 70.8 Å². The zero-order chi connectivity index (χ0) is 13.8. The van der Waals surface area contributed by atoms with Crippen LogP contribution in [0.5, 0.6) is 0 Å². The molecule has 0 aliphatic heterocycles. The average molecular weight is 259 g/mol. The van der Waals surface area contributed by atoms with E-state index in [0.717, 1.165) is 5.56 Å². The smallest absolute Gasteiger partial charge is 0.323 e. The molecule has 0 saturated carbocycles. The first-order chi connectivity index (χ1) is 9.09. The first-order valence-electron chi connectivity index (χ1n) is 5.72. The van der Waals surface area contributed by atoms with E-state index in [2.05, 4.69) is 0 Å². The van der Waals surface area contributed by atoms with E-state index in [1.54, 1.807) is 18.2 Å². The van der Waals surface area contributed by atoms with Crippen LogP contribution in [0.2, 0.25) is 0 Å². The van der Waals surface area contributed by atoms with E-state index >= 15 is 0 Å². The molecule has 0 bridgehead atoms. The van der Waals surface area contributed by atoms with Crippen LogP contribution in [0.1, 0.15) is 16.1 Å². The number of carbonyl (C=O) groups excluding carboxylic acids is 1. The fraction of sp³-hybridized carbons (Fsp3) is 0.143. The highest BCUT2D eigenvalue weighted by molar-refractivity contribution is 6.06. The minimum atomic E-state index is -1.08. The third-order valence-corrected chi connectivity index (χ3v) is 2.68. The summed E-state index contributed by atoms with van der Waals surface area (Å²) in [4.78, 5) is 24.4. The molecule has 0 saturated heterocycles. The van der Waals surface area contributed by atoms with Gasteiger partial charge in [-0.2, -0.15) is 0 Å². The van der Waals surface area contributed by atoms with Crippen molar-refractivity contribution in [2.45, 2.75) is 6.92 Å². The van der Waals surface area contributed by atoms with Gasteiger partial charge in [0.2, 0.25) is 0 Å². The van der Waals surface area contributed by atoms with Crippen molar-refractivity contribution in [2.24, 2.45) is 0 Å². The van der Waals surface area contributed by atoms with Crippen LogP contribution in [0, 0.1) is 6.92 Å². The number of carbonyl (C=O) groups is 2. The summed E-state index contributed by atoms with van der Waals surface area (Å²) in [6.45, 7) is 1.41.